The van der Waals surface area contributed by atoms with Gasteiger partial charge in [-0.25, -0.2) is 0 Å². The first-order valence-corrected chi connectivity index (χ1v) is 7.41. The van der Waals surface area contributed by atoms with Gasteiger partial charge < -0.3 is 15.8 Å². The first-order valence-electron chi connectivity index (χ1n) is 7.41. The Labute approximate surface area is 120 Å². The predicted octanol–water partition coefficient (Wildman–Crippen LogP) is 2.98. The molecule has 0 atom stereocenters. The molecule has 4 heteroatoms. The Bertz CT molecular complexity index is 481. The lowest BCUT2D eigenvalue weighted by atomic mass is 10.0. The van der Waals surface area contributed by atoms with Crippen molar-refractivity contribution in [2.75, 3.05) is 18.9 Å². The maximum absolute atomic E-state index is 12.1. The summed E-state index contributed by atoms with van der Waals surface area (Å²) < 4.78 is 5.37. The number of nitrogens with two attached hydrogens (primary N) is 1. The van der Waals surface area contributed by atoms with E-state index in [0.29, 0.717) is 29.0 Å². The van der Waals surface area contributed by atoms with Gasteiger partial charge in [0.2, 0.25) is 0 Å². The summed E-state index contributed by atoms with van der Waals surface area (Å²) in [7, 11) is 0. The lowest BCUT2D eigenvalue weighted by Gasteiger charge is -2.15. The fraction of sp³-hybridized carbons (Fsp3) is 0.562. The minimum Gasteiger partial charge on any atom is -0.492 e. The zero-order valence-electron chi connectivity index (χ0n) is 12.4. The third-order valence-electron chi connectivity index (χ3n) is 3.93. The van der Waals surface area contributed by atoms with Gasteiger partial charge in [-0.1, -0.05) is 13.3 Å². The molecule has 1 fully saturated rings. The molecule has 0 heterocycles. The van der Waals surface area contributed by atoms with E-state index in [1.807, 2.05) is 6.92 Å². The maximum Gasteiger partial charge on any atom is 0.251 e. The minimum absolute atomic E-state index is 0.0536. The van der Waals surface area contributed by atoms with E-state index in [-0.39, 0.29) is 5.91 Å². The molecular formula is C16H24N2O2. The van der Waals surface area contributed by atoms with Crippen molar-refractivity contribution < 1.29 is 9.53 Å². The number of amides is 1. The molecule has 110 valence electrons. The van der Waals surface area contributed by atoms with Crippen molar-refractivity contribution in [3.05, 3.63) is 23.8 Å². The van der Waals surface area contributed by atoms with Gasteiger partial charge in [-0.15, -0.1) is 0 Å². The van der Waals surface area contributed by atoms with Crippen molar-refractivity contribution >= 4 is 11.6 Å². The lowest BCUT2D eigenvalue weighted by Crippen LogP contribution is -2.30. The molecule has 20 heavy (non-hydrogen) atoms. The average Bonchev–Trinajstić information content (AvgIpc) is 3.19. The number of benzene rings is 1. The second kappa shape index (κ2) is 6.16. The van der Waals surface area contributed by atoms with E-state index >= 15 is 0 Å². The largest absolute Gasteiger partial charge is 0.492 e. The number of anilines is 1. The van der Waals surface area contributed by atoms with Gasteiger partial charge in [0.1, 0.15) is 5.75 Å². The summed E-state index contributed by atoms with van der Waals surface area (Å²) in [5.74, 6) is 0.579. The minimum atomic E-state index is -0.0536. The summed E-state index contributed by atoms with van der Waals surface area (Å²) >= 11 is 0. The monoisotopic (exact) mass is 276 g/mol. The summed E-state index contributed by atoms with van der Waals surface area (Å²) in [6, 6.07) is 5.20. The number of carbonyl (C=O) groups excluding carboxylic acids is 1. The van der Waals surface area contributed by atoms with Crippen LogP contribution in [0.25, 0.3) is 0 Å². The quantitative estimate of drug-likeness (QED) is 0.752. The fourth-order valence-corrected chi connectivity index (χ4v) is 2.57. The molecule has 0 spiro atoms. The van der Waals surface area contributed by atoms with Crippen LogP contribution in [-0.2, 0) is 0 Å². The van der Waals surface area contributed by atoms with E-state index in [1.165, 1.54) is 25.7 Å². The summed E-state index contributed by atoms with van der Waals surface area (Å²) in [6.45, 7) is 5.43. The number of carbonyl (C=O) groups is 1. The number of hydrogen-bond donors (Lipinski definition) is 2. The number of ether oxygens (including phenoxy) is 1. The zero-order chi connectivity index (χ0) is 14.6. The fourth-order valence-electron chi connectivity index (χ4n) is 2.57. The van der Waals surface area contributed by atoms with Crippen LogP contribution in [0.3, 0.4) is 0 Å². The van der Waals surface area contributed by atoms with Crippen LogP contribution in [-0.4, -0.2) is 19.1 Å². The summed E-state index contributed by atoms with van der Waals surface area (Å²) in [4.78, 5) is 12.1. The molecule has 0 saturated heterocycles. The Morgan fingerprint density at radius 3 is 2.70 bits per heavy atom. The Morgan fingerprint density at radius 2 is 2.15 bits per heavy atom. The molecule has 4 nitrogen and oxygen atoms in total. The Morgan fingerprint density at radius 1 is 1.40 bits per heavy atom. The van der Waals surface area contributed by atoms with Gasteiger partial charge in [0.05, 0.1) is 12.3 Å². The smallest absolute Gasteiger partial charge is 0.251 e. The molecule has 1 aromatic rings. The highest BCUT2D eigenvalue weighted by atomic mass is 16.5. The van der Waals surface area contributed by atoms with Crippen LogP contribution in [0.4, 0.5) is 5.69 Å². The van der Waals surface area contributed by atoms with Gasteiger partial charge in [0.25, 0.3) is 5.91 Å². The van der Waals surface area contributed by atoms with Gasteiger partial charge >= 0.3 is 0 Å². The van der Waals surface area contributed by atoms with Crippen molar-refractivity contribution in [1.82, 2.24) is 5.32 Å². The van der Waals surface area contributed by atoms with Crippen LogP contribution < -0.4 is 15.8 Å². The van der Waals surface area contributed by atoms with Gasteiger partial charge in [-0.3, -0.25) is 4.79 Å². The zero-order valence-corrected chi connectivity index (χ0v) is 12.4. The van der Waals surface area contributed by atoms with Gasteiger partial charge in [-0.05, 0) is 49.8 Å². The van der Waals surface area contributed by atoms with E-state index < -0.39 is 0 Å². The topological polar surface area (TPSA) is 64.3 Å². The molecule has 1 aromatic carbocycles. The van der Waals surface area contributed by atoms with Gasteiger partial charge in [0, 0.05) is 12.1 Å². The Kier molecular flexibility index (Phi) is 4.53. The van der Waals surface area contributed by atoms with E-state index in [9.17, 15) is 4.79 Å². The highest BCUT2D eigenvalue weighted by molar-refractivity contribution is 5.95. The standard InChI is InChI=1S/C16H24N2O2/c1-3-7-16(8-9-16)11-18-15(19)12-5-6-14(20-4-2)13(17)10-12/h5-6,10H,3-4,7-9,11,17H2,1-2H3,(H,18,19). The highest BCUT2D eigenvalue weighted by Crippen LogP contribution is 2.48. The van der Waals surface area contributed by atoms with Gasteiger partial charge in [-0.2, -0.15) is 0 Å². The van der Waals surface area contributed by atoms with Crippen molar-refractivity contribution in [3.8, 4) is 5.75 Å². The molecule has 0 radical (unpaired) electrons. The number of nitrogen functional groups attached to an aromatic ring is 1. The number of rotatable bonds is 7. The molecule has 1 aliphatic rings. The van der Waals surface area contributed by atoms with Crippen LogP contribution in [0.1, 0.15) is 49.9 Å². The second-order valence-electron chi connectivity index (χ2n) is 5.62. The molecule has 0 bridgehead atoms. The van der Waals surface area contributed by atoms with Crippen LogP contribution in [0.2, 0.25) is 0 Å². The maximum atomic E-state index is 12.1. The summed E-state index contributed by atoms with van der Waals surface area (Å²) in [6.07, 6.45) is 4.82. The van der Waals surface area contributed by atoms with Crippen LogP contribution in [0.15, 0.2) is 18.2 Å². The predicted molar refractivity (Wildman–Crippen MR) is 80.9 cm³/mol. The highest BCUT2D eigenvalue weighted by Gasteiger charge is 2.41. The molecule has 3 N–H and O–H groups in total. The van der Waals surface area contributed by atoms with Crippen molar-refractivity contribution in [2.45, 2.75) is 39.5 Å². The molecule has 1 amide bonds. The summed E-state index contributed by atoms with van der Waals surface area (Å²) in [5.41, 5.74) is 7.35. The average molecular weight is 276 g/mol. The third kappa shape index (κ3) is 3.44. The van der Waals surface area contributed by atoms with E-state index in [1.54, 1.807) is 18.2 Å². The number of hydrogen-bond acceptors (Lipinski definition) is 3. The molecule has 0 aliphatic heterocycles. The van der Waals surface area contributed by atoms with Crippen LogP contribution in [0, 0.1) is 5.41 Å². The first-order chi connectivity index (χ1) is 9.60. The van der Waals surface area contributed by atoms with Crippen molar-refractivity contribution in [3.63, 3.8) is 0 Å². The second-order valence-corrected chi connectivity index (χ2v) is 5.62. The molecule has 0 unspecified atom stereocenters. The van der Waals surface area contributed by atoms with Crippen molar-refractivity contribution in [1.29, 1.82) is 0 Å². The number of nitrogens with one attached hydrogen (secondary N) is 1. The van der Waals surface area contributed by atoms with Crippen molar-refractivity contribution in [2.24, 2.45) is 5.41 Å². The van der Waals surface area contributed by atoms with E-state index in [0.717, 1.165) is 6.54 Å². The molecule has 2 rings (SSSR count). The lowest BCUT2D eigenvalue weighted by molar-refractivity contribution is 0.0943. The Balaban J connectivity index is 1.94. The molecule has 1 aliphatic carbocycles. The van der Waals surface area contributed by atoms with Crippen LogP contribution in [0.5, 0.6) is 5.75 Å². The normalized spacial score (nSPS) is 15.7. The van der Waals surface area contributed by atoms with Gasteiger partial charge in [0.15, 0.2) is 0 Å². The van der Waals surface area contributed by atoms with E-state index in [2.05, 4.69) is 12.2 Å². The Hall–Kier alpha value is -1.71. The van der Waals surface area contributed by atoms with Crippen LogP contribution >= 0.6 is 0 Å². The third-order valence-corrected chi connectivity index (χ3v) is 3.93. The first kappa shape index (κ1) is 14.7. The molecular weight excluding hydrogens is 252 g/mol. The van der Waals surface area contributed by atoms with E-state index in [4.69, 9.17) is 10.5 Å². The molecule has 1 saturated carbocycles. The SMILES string of the molecule is CCCC1(CNC(=O)c2ccc(OCC)c(N)c2)CC1. The summed E-state index contributed by atoms with van der Waals surface area (Å²) in [5, 5.41) is 3.03. The molecule has 0 aromatic heterocycles.